The van der Waals surface area contributed by atoms with Crippen molar-refractivity contribution in [2.75, 3.05) is 13.7 Å². The smallest absolute Gasteiger partial charge is 0.408 e. The van der Waals surface area contributed by atoms with Crippen molar-refractivity contribution >= 4 is 23.9 Å². The zero-order valence-electron chi connectivity index (χ0n) is 21.6. The van der Waals surface area contributed by atoms with Gasteiger partial charge in [-0.15, -0.1) is 0 Å². The summed E-state index contributed by atoms with van der Waals surface area (Å²) in [6.07, 6.45) is 2.14. The van der Waals surface area contributed by atoms with E-state index in [1.54, 1.807) is 49.9 Å². The van der Waals surface area contributed by atoms with Crippen LogP contribution in [0, 0.1) is 5.92 Å². The van der Waals surface area contributed by atoms with Crippen LogP contribution in [0.2, 0.25) is 0 Å². The van der Waals surface area contributed by atoms with E-state index in [1.807, 2.05) is 19.9 Å². The van der Waals surface area contributed by atoms with E-state index in [0.29, 0.717) is 12.0 Å². The van der Waals surface area contributed by atoms with Crippen molar-refractivity contribution in [3.8, 4) is 0 Å². The topological polar surface area (TPSA) is 114 Å². The first-order valence-corrected chi connectivity index (χ1v) is 12.1. The number of nitrogens with zero attached hydrogens (tertiary/aromatic N) is 1. The first-order chi connectivity index (χ1) is 16.4. The van der Waals surface area contributed by atoms with Gasteiger partial charge < -0.3 is 25.0 Å². The summed E-state index contributed by atoms with van der Waals surface area (Å²) in [6.45, 7) is 8.87. The van der Waals surface area contributed by atoms with Gasteiger partial charge in [-0.3, -0.25) is 14.4 Å². The van der Waals surface area contributed by atoms with Gasteiger partial charge in [0.05, 0.1) is 7.11 Å². The third-order valence-corrected chi connectivity index (χ3v) is 5.70. The lowest BCUT2D eigenvalue weighted by atomic mass is 9.87. The quantitative estimate of drug-likeness (QED) is 0.487. The SMILES string of the molecule is COC(=O)CNC(=O)C(c1ccccc1)N(C(=O)C(CC(C)C)NC(=O)OC(C)(C)C)C1CCC1. The summed E-state index contributed by atoms with van der Waals surface area (Å²) in [5, 5.41) is 5.34. The van der Waals surface area contributed by atoms with Crippen LogP contribution in [0.1, 0.15) is 71.9 Å². The molecule has 0 radical (unpaired) electrons. The number of ether oxygens (including phenoxy) is 2. The summed E-state index contributed by atoms with van der Waals surface area (Å²) in [5.41, 5.74) is -0.0977. The molecular formula is C26H39N3O6. The van der Waals surface area contributed by atoms with E-state index < -0.39 is 35.7 Å². The van der Waals surface area contributed by atoms with Crippen LogP contribution in [0.15, 0.2) is 30.3 Å². The molecule has 0 heterocycles. The van der Waals surface area contributed by atoms with Crippen molar-refractivity contribution in [1.82, 2.24) is 15.5 Å². The largest absolute Gasteiger partial charge is 0.468 e. The molecule has 1 aromatic carbocycles. The average molecular weight is 490 g/mol. The lowest BCUT2D eigenvalue weighted by Crippen LogP contribution is -2.58. The molecule has 1 aliphatic rings. The Morgan fingerprint density at radius 3 is 2.20 bits per heavy atom. The van der Waals surface area contributed by atoms with E-state index in [9.17, 15) is 19.2 Å². The first kappa shape index (κ1) is 28.1. The molecular weight excluding hydrogens is 450 g/mol. The van der Waals surface area contributed by atoms with Crippen LogP contribution >= 0.6 is 0 Å². The van der Waals surface area contributed by atoms with Crippen LogP contribution in [0.5, 0.6) is 0 Å². The van der Waals surface area contributed by atoms with Gasteiger partial charge in [-0.05, 0) is 57.9 Å². The van der Waals surface area contributed by atoms with E-state index >= 15 is 0 Å². The number of methoxy groups -OCH3 is 1. The average Bonchev–Trinajstić information content (AvgIpc) is 2.73. The number of amides is 3. The number of carbonyl (C=O) groups excluding carboxylic acids is 4. The minimum atomic E-state index is -0.964. The first-order valence-electron chi connectivity index (χ1n) is 12.1. The fraction of sp³-hybridized carbons (Fsp3) is 0.615. The van der Waals surface area contributed by atoms with E-state index in [2.05, 4.69) is 15.4 Å². The molecule has 3 amide bonds. The molecule has 2 N–H and O–H groups in total. The minimum absolute atomic E-state index is 0.102. The molecule has 0 saturated heterocycles. The van der Waals surface area contributed by atoms with Crippen LogP contribution in [0.25, 0.3) is 0 Å². The standard InChI is InChI=1S/C26H39N3O6/c1-17(2)15-20(28-25(33)35-26(3,4)5)24(32)29(19-13-10-14-19)22(18-11-8-7-9-12-18)23(31)27-16-21(30)34-6/h7-9,11-12,17,19-20,22H,10,13-16H2,1-6H3,(H,27,31)(H,28,33). The number of nitrogens with one attached hydrogen (secondary N) is 2. The fourth-order valence-electron chi connectivity index (χ4n) is 3.91. The lowest BCUT2D eigenvalue weighted by molar-refractivity contribution is -0.148. The van der Waals surface area contributed by atoms with E-state index in [1.165, 1.54) is 7.11 Å². The van der Waals surface area contributed by atoms with Crippen molar-refractivity contribution < 1.29 is 28.7 Å². The zero-order chi connectivity index (χ0) is 26.2. The summed E-state index contributed by atoms with van der Waals surface area (Å²) in [7, 11) is 1.24. The summed E-state index contributed by atoms with van der Waals surface area (Å²) < 4.78 is 10.0. The van der Waals surface area contributed by atoms with Crippen LogP contribution < -0.4 is 10.6 Å². The Hall–Kier alpha value is -3.10. The molecule has 9 heteroatoms. The second-order valence-electron chi connectivity index (χ2n) is 10.3. The number of alkyl carbamates (subject to hydrolysis) is 1. The summed E-state index contributed by atoms with van der Waals surface area (Å²) >= 11 is 0. The van der Waals surface area contributed by atoms with Crippen molar-refractivity contribution in [1.29, 1.82) is 0 Å². The number of hydrogen-bond acceptors (Lipinski definition) is 6. The van der Waals surface area contributed by atoms with Gasteiger partial charge in [0.25, 0.3) is 0 Å². The molecule has 1 fully saturated rings. The molecule has 0 aromatic heterocycles. The number of hydrogen-bond donors (Lipinski definition) is 2. The van der Waals surface area contributed by atoms with Crippen molar-refractivity contribution in [3.05, 3.63) is 35.9 Å². The molecule has 9 nitrogen and oxygen atoms in total. The molecule has 2 atom stereocenters. The van der Waals surface area contributed by atoms with Gasteiger partial charge >= 0.3 is 12.1 Å². The highest BCUT2D eigenvalue weighted by Crippen LogP contribution is 2.34. The van der Waals surface area contributed by atoms with Gasteiger partial charge in [0.2, 0.25) is 11.8 Å². The number of esters is 1. The molecule has 2 unspecified atom stereocenters. The molecule has 194 valence electrons. The van der Waals surface area contributed by atoms with Crippen LogP contribution in [0.3, 0.4) is 0 Å². The summed E-state index contributed by atoms with van der Waals surface area (Å²) in [6, 6.07) is 6.98. The highest BCUT2D eigenvalue weighted by molar-refractivity contribution is 5.93. The van der Waals surface area contributed by atoms with Crippen LogP contribution in [-0.2, 0) is 23.9 Å². The highest BCUT2D eigenvalue weighted by atomic mass is 16.6. The van der Waals surface area contributed by atoms with Crippen LogP contribution in [0.4, 0.5) is 4.79 Å². The van der Waals surface area contributed by atoms with Gasteiger partial charge in [0.15, 0.2) is 0 Å². The van der Waals surface area contributed by atoms with E-state index in [0.717, 1.165) is 19.3 Å². The summed E-state index contributed by atoms with van der Waals surface area (Å²) in [4.78, 5) is 53.2. The molecule has 0 spiro atoms. The third kappa shape index (κ3) is 8.56. The van der Waals surface area contributed by atoms with Crippen molar-refractivity contribution in [2.45, 2.75) is 84.0 Å². The molecule has 35 heavy (non-hydrogen) atoms. The second kappa shape index (κ2) is 12.6. The Labute approximate surface area is 207 Å². The van der Waals surface area contributed by atoms with Gasteiger partial charge in [0, 0.05) is 6.04 Å². The van der Waals surface area contributed by atoms with Crippen molar-refractivity contribution in [3.63, 3.8) is 0 Å². The maximum absolute atomic E-state index is 14.0. The van der Waals surface area contributed by atoms with Crippen molar-refractivity contribution in [2.24, 2.45) is 5.92 Å². The van der Waals surface area contributed by atoms with E-state index in [4.69, 9.17) is 4.74 Å². The lowest BCUT2D eigenvalue weighted by Gasteiger charge is -2.43. The second-order valence-corrected chi connectivity index (χ2v) is 10.3. The number of rotatable bonds is 10. The van der Waals surface area contributed by atoms with Crippen LogP contribution in [-0.4, -0.2) is 60.1 Å². The van der Waals surface area contributed by atoms with Gasteiger partial charge in [-0.1, -0.05) is 44.2 Å². The summed E-state index contributed by atoms with van der Waals surface area (Å²) in [5.74, 6) is -1.32. The fourth-order valence-corrected chi connectivity index (χ4v) is 3.91. The predicted octanol–water partition coefficient (Wildman–Crippen LogP) is 3.34. The normalized spacial score (nSPS) is 15.4. The monoisotopic (exact) mass is 489 g/mol. The zero-order valence-corrected chi connectivity index (χ0v) is 21.6. The Kier molecular flexibility index (Phi) is 10.1. The Balaban J connectivity index is 2.42. The maximum atomic E-state index is 14.0. The Morgan fingerprint density at radius 2 is 1.71 bits per heavy atom. The number of carbonyl (C=O) groups is 4. The third-order valence-electron chi connectivity index (χ3n) is 5.70. The molecule has 1 aromatic rings. The van der Waals surface area contributed by atoms with Gasteiger partial charge in [-0.25, -0.2) is 4.79 Å². The molecule has 2 rings (SSSR count). The maximum Gasteiger partial charge on any atom is 0.408 e. The molecule has 1 saturated carbocycles. The highest BCUT2D eigenvalue weighted by Gasteiger charge is 2.42. The van der Waals surface area contributed by atoms with Gasteiger partial charge in [0.1, 0.15) is 24.2 Å². The van der Waals surface area contributed by atoms with E-state index in [-0.39, 0.29) is 24.4 Å². The molecule has 0 aliphatic heterocycles. The molecule has 1 aliphatic carbocycles. The molecule has 0 bridgehead atoms. The number of benzene rings is 1. The minimum Gasteiger partial charge on any atom is -0.468 e. The predicted molar refractivity (Wildman–Crippen MR) is 131 cm³/mol. The Bertz CT molecular complexity index is 877. The Morgan fingerprint density at radius 1 is 1.09 bits per heavy atom. The van der Waals surface area contributed by atoms with Gasteiger partial charge in [-0.2, -0.15) is 0 Å².